The molecule has 0 aliphatic heterocycles. The van der Waals surface area contributed by atoms with Gasteiger partial charge in [-0.05, 0) is 33.6 Å². The van der Waals surface area contributed by atoms with Gasteiger partial charge in [0, 0.05) is 18.5 Å². The van der Waals surface area contributed by atoms with Crippen LogP contribution in [-0.4, -0.2) is 9.60 Å². The summed E-state index contributed by atoms with van der Waals surface area (Å²) in [6, 6.07) is 8.79. The minimum atomic E-state index is -0.400. The number of hydrogen-bond donors (Lipinski definition) is 1. The summed E-state index contributed by atoms with van der Waals surface area (Å²) in [5.41, 5.74) is 4.03. The first kappa shape index (κ1) is 11.7. The SMILES string of the molecule is O=[N+]([O-])c1cccc(CNn2cccc2)c1Br. The van der Waals surface area contributed by atoms with Crippen molar-refractivity contribution in [1.82, 2.24) is 4.68 Å². The van der Waals surface area contributed by atoms with Crippen LogP contribution in [0.3, 0.4) is 0 Å². The van der Waals surface area contributed by atoms with Crippen LogP contribution in [0.5, 0.6) is 0 Å². The molecule has 0 aliphatic rings. The van der Waals surface area contributed by atoms with Gasteiger partial charge in [-0.1, -0.05) is 12.1 Å². The highest BCUT2D eigenvalue weighted by molar-refractivity contribution is 9.10. The van der Waals surface area contributed by atoms with Crippen LogP contribution < -0.4 is 5.43 Å². The Bertz CT molecular complexity index is 526. The van der Waals surface area contributed by atoms with Crippen molar-refractivity contribution in [3.8, 4) is 0 Å². The first-order valence-corrected chi connectivity index (χ1v) is 5.76. The van der Waals surface area contributed by atoms with Crippen molar-refractivity contribution in [2.24, 2.45) is 0 Å². The molecule has 0 radical (unpaired) electrons. The number of aromatic nitrogens is 1. The van der Waals surface area contributed by atoms with Gasteiger partial charge < -0.3 is 5.43 Å². The normalized spacial score (nSPS) is 10.2. The number of hydrogen-bond acceptors (Lipinski definition) is 3. The van der Waals surface area contributed by atoms with Crippen molar-refractivity contribution in [3.63, 3.8) is 0 Å². The standard InChI is InChI=1S/C11H10BrN3O2/c12-11-9(4-3-5-10(11)15(16)17)8-13-14-6-1-2-7-14/h1-7,13H,8H2. The third-order valence-corrected chi connectivity index (χ3v) is 3.23. The second-order valence-electron chi connectivity index (χ2n) is 3.43. The molecule has 0 fully saturated rings. The topological polar surface area (TPSA) is 60.1 Å². The molecule has 2 aromatic rings. The van der Waals surface area contributed by atoms with E-state index in [-0.39, 0.29) is 5.69 Å². The summed E-state index contributed by atoms with van der Waals surface area (Å²) in [5.74, 6) is 0. The molecule has 6 heteroatoms. The molecular weight excluding hydrogens is 286 g/mol. The zero-order valence-electron chi connectivity index (χ0n) is 8.84. The predicted octanol–water partition coefficient (Wildman–Crippen LogP) is 2.90. The molecule has 0 bridgehead atoms. The van der Waals surface area contributed by atoms with Crippen LogP contribution in [0.2, 0.25) is 0 Å². The molecule has 1 aromatic carbocycles. The highest BCUT2D eigenvalue weighted by Gasteiger charge is 2.14. The monoisotopic (exact) mass is 295 g/mol. The Morgan fingerprint density at radius 1 is 1.29 bits per heavy atom. The van der Waals surface area contributed by atoms with Crippen molar-refractivity contribution in [2.45, 2.75) is 6.54 Å². The molecule has 0 atom stereocenters. The van der Waals surface area contributed by atoms with Gasteiger partial charge in [-0.3, -0.25) is 14.8 Å². The molecule has 1 N–H and O–H groups in total. The lowest BCUT2D eigenvalue weighted by Crippen LogP contribution is -2.12. The summed E-state index contributed by atoms with van der Waals surface area (Å²) in [6.45, 7) is 0.511. The van der Waals surface area contributed by atoms with Crippen molar-refractivity contribution in [1.29, 1.82) is 0 Å². The van der Waals surface area contributed by atoms with Gasteiger partial charge in [-0.15, -0.1) is 0 Å². The lowest BCUT2D eigenvalue weighted by atomic mass is 10.2. The maximum atomic E-state index is 10.8. The third-order valence-electron chi connectivity index (χ3n) is 2.31. The van der Waals surface area contributed by atoms with Gasteiger partial charge in [0.05, 0.1) is 11.5 Å². The van der Waals surface area contributed by atoms with Gasteiger partial charge >= 0.3 is 0 Å². The van der Waals surface area contributed by atoms with Gasteiger partial charge in [-0.2, -0.15) is 0 Å². The Morgan fingerprint density at radius 2 is 2.00 bits per heavy atom. The minimum absolute atomic E-state index is 0.0804. The zero-order valence-corrected chi connectivity index (χ0v) is 10.4. The quantitative estimate of drug-likeness (QED) is 0.697. The van der Waals surface area contributed by atoms with E-state index in [1.165, 1.54) is 6.07 Å². The summed E-state index contributed by atoms with van der Waals surface area (Å²) >= 11 is 3.26. The van der Waals surface area contributed by atoms with Gasteiger partial charge in [0.1, 0.15) is 4.47 Å². The maximum absolute atomic E-state index is 10.8. The fraction of sp³-hybridized carbons (Fsp3) is 0.0909. The van der Waals surface area contributed by atoms with E-state index in [4.69, 9.17) is 0 Å². The van der Waals surface area contributed by atoms with Crippen LogP contribution in [0.4, 0.5) is 5.69 Å². The van der Waals surface area contributed by atoms with Crippen LogP contribution in [-0.2, 0) is 6.54 Å². The fourth-order valence-electron chi connectivity index (χ4n) is 1.46. The van der Waals surface area contributed by atoms with E-state index in [1.807, 2.05) is 30.6 Å². The van der Waals surface area contributed by atoms with Crippen molar-refractivity contribution < 1.29 is 4.92 Å². The number of nitrogens with zero attached hydrogens (tertiary/aromatic N) is 2. The molecule has 0 spiro atoms. The molecule has 0 aliphatic carbocycles. The molecule has 1 aromatic heterocycles. The fourth-order valence-corrected chi connectivity index (χ4v) is 2.01. The molecule has 2 rings (SSSR count). The van der Waals surface area contributed by atoms with E-state index in [9.17, 15) is 10.1 Å². The van der Waals surface area contributed by atoms with Crippen LogP contribution in [0.15, 0.2) is 47.2 Å². The molecule has 0 saturated carbocycles. The molecule has 17 heavy (non-hydrogen) atoms. The molecule has 5 nitrogen and oxygen atoms in total. The first-order valence-electron chi connectivity index (χ1n) is 4.97. The van der Waals surface area contributed by atoms with Crippen LogP contribution in [0.1, 0.15) is 5.56 Å². The Hall–Kier alpha value is -1.82. The molecular formula is C11H10BrN3O2. The van der Waals surface area contributed by atoms with Gasteiger partial charge in [-0.25, -0.2) is 0 Å². The van der Waals surface area contributed by atoms with Crippen molar-refractivity contribution in [2.75, 3.05) is 5.43 Å². The third kappa shape index (κ3) is 2.65. The van der Waals surface area contributed by atoms with Crippen molar-refractivity contribution in [3.05, 3.63) is 62.9 Å². The summed E-state index contributed by atoms with van der Waals surface area (Å²) in [4.78, 5) is 10.4. The lowest BCUT2D eigenvalue weighted by molar-refractivity contribution is -0.385. The summed E-state index contributed by atoms with van der Waals surface area (Å²) in [5, 5.41) is 10.8. The summed E-state index contributed by atoms with van der Waals surface area (Å²) in [7, 11) is 0. The number of nitrogens with one attached hydrogen (secondary N) is 1. The summed E-state index contributed by atoms with van der Waals surface area (Å²) in [6.07, 6.45) is 3.73. The predicted molar refractivity (Wildman–Crippen MR) is 68.3 cm³/mol. The average molecular weight is 296 g/mol. The van der Waals surface area contributed by atoms with E-state index in [1.54, 1.807) is 10.7 Å². The van der Waals surface area contributed by atoms with Crippen molar-refractivity contribution >= 4 is 21.6 Å². The van der Waals surface area contributed by atoms with Gasteiger partial charge in [0.25, 0.3) is 5.69 Å². The Labute approximate surface area is 106 Å². The second kappa shape index (κ2) is 5.01. The highest BCUT2D eigenvalue weighted by Crippen LogP contribution is 2.28. The average Bonchev–Trinajstić information content (AvgIpc) is 2.80. The molecule has 1 heterocycles. The van der Waals surface area contributed by atoms with Gasteiger partial charge in [0.2, 0.25) is 0 Å². The smallest absolute Gasteiger partial charge is 0.283 e. The van der Waals surface area contributed by atoms with Crippen LogP contribution in [0.25, 0.3) is 0 Å². The first-order chi connectivity index (χ1) is 8.18. The number of nitro benzene ring substituents is 1. The number of nitro groups is 1. The Kier molecular flexibility index (Phi) is 3.43. The number of rotatable bonds is 4. The Morgan fingerprint density at radius 3 is 2.65 bits per heavy atom. The lowest BCUT2D eigenvalue weighted by Gasteiger charge is -2.09. The molecule has 88 valence electrons. The number of halogens is 1. The minimum Gasteiger partial charge on any atom is -0.322 e. The van der Waals surface area contributed by atoms with Crippen LogP contribution in [0, 0.1) is 10.1 Å². The van der Waals surface area contributed by atoms with E-state index in [2.05, 4.69) is 21.4 Å². The highest BCUT2D eigenvalue weighted by atomic mass is 79.9. The van der Waals surface area contributed by atoms with E-state index >= 15 is 0 Å². The van der Waals surface area contributed by atoms with E-state index in [0.717, 1.165) is 5.56 Å². The maximum Gasteiger partial charge on any atom is 0.283 e. The van der Waals surface area contributed by atoms with E-state index in [0.29, 0.717) is 11.0 Å². The zero-order chi connectivity index (χ0) is 12.3. The van der Waals surface area contributed by atoms with Crippen LogP contribution >= 0.6 is 15.9 Å². The van der Waals surface area contributed by atoms with Gasteiger partial charge in [0.15, 0.2) is 0 Å². The second-order valence-corrected chi connectivity index (χ2v) is 4.23. The largest absolute Gasteiger partial charge is 0.322 e. The summed E-state index contributed by atoms with van der Waals surface area (Å²) < 4.78 is 2.32. The number of benzene rings is 1. The van der Waals surface area contributed by atoms with E-state index < -0.39 is 4.92 Å². The Balaban J connectivity index is 2.16. The molecule has 0 unspecified atom stereocenters. The molecule has 0 saturated heterocycles. The molecule has 0 amide bonds.